The molecule has 2 aliphatic rings. The van der Waals surface area contributed by atoms with Crippen molar-refractivity contribution < 1.29 is 19.5 Å². The molecule has 1 aromatic heterocycles. The van der Waals surface area contributed by atoms with E-state index in [9.17, 15) is 19.5 Å². The fourth-order valence-corrected chi connectivity index (χ4v) is 3.76. The van der Waals surface area contributed by atoms with Gasteiger partial charge in [-0.3, -0.25) is 19.4 Å². The Morgan fingerprint density at radius 1 is 1.39 bits per heavy atom. The number of hydrogen-bond donors (Lipinski definition) is 2. The van der Waals surface area contributed by atoms with E-state index in [0.29, 0.717) is 18.5 Å². The van der Waals surface area contributed by atoms with Gasteiger partial charge in [0.15, 0.2) is 0 Å². The van der Waals surface area contributed by atoms with Gasteiger partial charge in [-0.15, -0.1) is 0 Å². The summed E-state index contributed by atoms with van der Waals surface area (Å²) in [7, 11) is 1.51. The van der Waals surface area contributed by atoms with Crippen LogP contribution in [0.4, 0.5) is 0 Å². The lowest BCUT2D eigenvalue weighted by Gasteiger charge is -2.23. The van der Waals surface area contributed by atoms with E-state index in [4.69, 9.17) is 0 Å². The Balaban J connectivity index is 1.77. The normalized spacial score (nSPS) is 26.0. The summed E-state index contributed by atoms with van der Waals surface area (Å²) in [6.45, 7) is 0.728. The first kappa shape index (κ1) is 15.5. The van der Waals surface area contributed by atoms with Crippen molar-refractivity contribution in [1.29, 1.82) is 0 Å². The second-order valence-corrected chi connectivity index (χ2v) is 6.25. The molecular formula is C16H19N3O4. The topological polar surface area (TPSA) is 99.6 Å². The van der Waals surface area contributed by atoms with Crippen LogP contribution in [0.1, 0.15) is 40.1 Å². The lowest BCUT2D eigenvalue weighted by Crippen LogP contribution is -2.37. The molecule has 2 atom stereocenters. The lowest BCUT2D eigenvalue weighted by atomic mass is 9.81. The first-order chi connectivity index (χ1) is 11.0. The van der Waals surface area contributed by atoms with Crippen molar-refractivity contribution in [3.8, 4) is 0 Å². The fourth-order valence-electron chi connectivity index (χ4n) is 3.76. The second-order valence-electron chi connectivity index (χ2n) is 6.25. The molecule has 2 N–H and O–H groups in total. The van der Waals surface area contributed by atoms with Gasteiger partial charge in [-0.25, -0.2) is 0 Å². The fraction of sp³-hybridized carbons (Fsp3) is 0.500. The number of pyridine rings is 1. The summed E-state index contributed by atoms with van der Waals surface area (Å²) < 4.78 is 0. The van der Waals surface area contributed by atoms with E-state index < -0.39 is 11.4 Å². The molecule has 2 amide bonds. The first-order valence-corrected chi connectivity index (χ1v) is 7.69. The standard InChI is InChI=1S/C16H19N3O4/c1-17-13(20)12-5-4-10(7-18-12)14(21)19-8-11-3-2-6-16(11,9-19)15(22)23/h4-5,7,11H,2-3,6,8-9H2,1H3,(H,17,20)(H,22,23)/t11-,16+/m0/s1. The number of carboxylic acids is 1. The third kappa shape index (κ3) is 2.46. The van der Waals surface area contributed by atoms with Crippen molar-refractivity contribution in [3.63, 3.8) is 0 Å². The summed E-state index contributed by atoms with van der Waals surface area (Å²) in [6, 6.07) is 3.05. The third-order valence-electron chi connectivity index (χ3n) is 5.05. The van der Waals surface area contributed by atoms with Crippen LogP contribution in [0.15, 0.2) is 18.3 Å². The number of likely N-dealkylation sites (tertiary alicyclic amines) is 1. The minimum atomic E-state index is -0.802. The van der Waals surface area contributed by atoms with Gasteiger partial charge in [-0.05, 0) is 30.9 Å². The Bertz CT molecular complexity index is 658. The van der Waals surface area contributed by atoms with E-state index in [0.717, 1.165) is 12.8 Å². The molecule has 0 bridgehead atoms. The van der Waals surface area contributed by atoms with Gasteiger partial charge >= 0.3 is 5.97 Å². The van der Waals surface area contributed by atoms with Crippen LogP contribution in [-0.4, -0.2) is 52.9 Å². The number of hydrogen-bond acceptors (Lipinski definition) is 4. The molecule has 7 nitrogen and oxygen atoms in total. The average Bonchev–Trinajstić information content (AvgIpc) is 3.11. The van der Waals surface area contributed by atoms with Crippen molar-refractivity contribution in [2.24, 2.45) is 11.3 Å². The highest BCUT2D eigenvalue weighted by Gasteiger charge is 2.55. The Labute approximate surface area is 133 Å². The Hall–Kier alpha value is -2.44. The quantitative estimate of drug-likeness (QED) is 0.857. The molecule has 1 aromatic rings. The van der Waals surface area contributed by atoms with Crippen molar-refractivity contribution >= 4 is 17.8 Å². The van der Waals surface area contributed by atoms with Gasteiger partial charge in [0.2, 0.25) is 0 Å². The number of amides is 2. The van der Waals surface area contributed by atoms with Crippen LogP contribution in [0.5, 0.6) is 0 Å². The monoisotopic (exact) mass is 317 g/mol. The van der Waals surface area contributed by atoms with Gasteiger partial charge in [0, 0.05) is 26.3 Å². The molecule has 7 heteroatoms. The largest absolute Gasteiger partial charge is 0.481 e. The van der Waals surface area contributed by atoms with Gasteiger partial charge in [-0.1, -0.05) is 6.42 Å². The molecule has 0 radical (unpaired) electrons. The Morgan fingerprint density at radius 2 is 2.17 bits per heavy atom. The molecule has 0 unspecified atom stereocenters. The predicted molar refractivity (Wildman–Crippen MR) is 80.9 cm³/mol. The second kappa shape index (κ2) is 5.64. The number of rotatable bonds is 3. The Kier molecular flexibility index (Phi) is 3.79. The first-order valence-electron chi connectivity index (χ1n) is 7.69. The Morgan fingerprint density at radius 3 is 2.74 bits per heavy atom. The number of fused-ring (bicyclic) bond motifs is 1. The van der Waals surface area contributed by atoms with Crippen molar-refractivity contribution in [2.75, 3.05) is 20.1 Å². The highest BCUT2D eigenvalue weighted by Crippen LogP contribution is 2.49. The maximum absolute atomic E-state index is 12.6. The molecule has 2 fully saturated rings. The molecule has 122 valence electrons. The van der Waals surface area contributed by atoms with Gasteiger partial charge in [0.05, 0.1) is 11.0 Å². The van der Waals surface area contributed by atoms with Crippen LogP contribution < -0.4 is 5.32 Å². The molecule has 1 aliphatic carbocycles. The van der Waals surface area contributed by atoms with E-state index in [1.54, 1.807) is 11.0 Å². The van der Waals surface area contributed by atoms with Crippen molar-refractivity contribution in [3.05, 3.63) is 29.6 Å². The van der Waals surface area contributed by atoms with E-state index >= 15 is 0 Å². The van der Waals surface area contributed by atoms with Crippen molar-refractivity contribution in [1.82, 2.24) is 15.2 Å². The summed E-state index contributed by atoms with van der Waals surface area (Å²) in [5.41, 5.74) is -0.173. The van der Waals surface area contributed by atoms with E-state index in [-0.39, 0.29) is 30.0 Å². The zero-order valence-corrected chi connectivity index (χ0v) is 12.9. The number of aliphatic carboxylic acids is 1. The summed E-state index contributed by atoms with van der Waals surface area (Å²) in [5, 5.41) is 12.0. The summed E-state index contributed by atoms with van der Waals surface area (Å²) in [6.07, 6.45) is 3.75. The smallest absolute Gasteiger partial charge is 0.311 e. The molecule has 1 saturated carbocycles. The molecule has 23 heavy (non-hydrogen) atoms. The molecule has 0 aromatic carbocycles. The number of nitrogens with one attached hydrogen (secondary N) is 1. The van der Waals surface area contributed by atoms with Crippen LogP contribution in [0.2, 0.25) is 0 Å². The van der Waals surface area contributed by atoms with Crippen LogP contribution in [0, 0.1) is 11.3 Å². The van der Waals surface area contributed by atoms with Gasteiger partial charge in [-0.2, -0.15) is 0 Å². The molecular weight excluding hydrogens is 298 g/mol. The zero-order valence-electron chi connectivity index (χ0n) is 12.9. The number of nitrogens with zero attached hydrogens (tertiary/aromatic N) is 2. The van der Waals surface area contributed by atoms with Crippen LogP contribution in [-0.2, 0) is 4.79 Å². The van der Waals surface area contributed by atoms with Gasteiger partial charge < -0.3 is 15.3 Å². The molecule has 1 saturated heterocycles. The molecule has 2 heterocycles. The van der Waals surface area contributed by atoms with Crippen molar-refractivity contribution in [2.45, 2.75) is 19.3 Å². The van der Waals surface area contributed by atoms with E-state index in [2.05, 4.69) is 10.3 Å². The maximum atomic E-state index is 12.6. The minimum Gasteiger partial charge on any atom is -0.481 e. The van der Waals surface area contributed by atoms with E-state index in [1.807, 2.05) is 0 Å². The highest BCUT2D eigenvalue weighted by molar-refractivity contribution is 5.96. The average molecular weight is 317 g/mol. The van der Waals surface area contributed by atoms with Crippen LogP contribution in [0.25, 0.3) is 0 Å². The number of carbonyl (C=O) groups excluding carboxylic acids is 2. The maximum Gasteiger partial charge on any atom is 0.311 e. The zero-order chi connectivity index (χ0) is 16.6. The van der Waals surface area contributed by atoms with E-state index in [1.165, 1.54) is 19.3 Å². The molecule has 3 rings (SSSR count). The summed E-state index contributed by atoms with van der Waals surface area (Å²) in [5.74, 6) is -1.31. The van der Waals surface area contributed by atoms with Crippen LogP contribution in [0.3, 0.4) is 0 Å². The SMILES string of the molecule is CNC(=O)c1ccc(C(=O)N2C[C@@H]3CCC[C@@]3(C(=O)O)C2)cn1. The number of aromatic nitrogens is 1. The van der Waals surface area contributed by atoms with Crippen LogP contribution >= 0.6 is 0 Å². The van der Waals surface area contributed by atoms with Gasteiger partial charge in [0.1, 0.15) is 5.69 Å². The minimum absolute atomic E-state index is 0.0297. The number of carbonyl (C=O) groups is 3. The summed E-state index contributed by atoms with van der Waals surface area (Å²) >= 11 is 0. The third-order valence-corrected chi connectivity index (χ3v) is 5.05. The molecule has 0 spiro atoms. The number of carboxylic acid groups (broad SMARTS) is 1. The molecule has 1 aliphatic heterocycles. The highest BCUT2D eigenvalue weighted by atomic mass is 16.4. The summed E-state index contributed by atoms with van der Waals surface area (Å²) in [4.78, 5) is 41.3. The van der Waals surface area contributed by atoms with Gasteiger partial charge in [0.25, 0.3) is 11.8 Å². The lowest BCUT2D eigenvalue weighted by molar-refractivity contribution is -0.149. The predicted octanol–water partition coefficient (Wildman–Crippen LogP) is 0.768.